The van der Waals surface area contributed by atoms with Crippen LogP contribution < -0.4 is 4.90 Å². The second-order valence-corrected chi connectivity index (χ2v) is 8.09. The molecule has 1 atom stereocenters. The highest BCUT2D eigenvalue weighted by Crippen LogP contribution is 2.33. The first kappa shape index (κ1) is 17.9. The van der Waals surface area contributed by atoms with E-state index in [1.165, 1.54) is 16.6 Å². The van der Waals surface area contributed by atoms with E-state index in [0.717, 1.165) is 27.4 Å². The average Bonchev–Trinajstić information content (AvgIpc) is 3.07. The number of amides is 1. The van der Waals surface area contributed by atoms with Crippen LogP contribution in [0.1, 0.15) is 25.6 Å². The van der Waals surface area contributed by atoms with E-state index in [1.807, 2.05) is 49.1 Å². The Labute approximate surface area is 156 Å². The molecule has 3 rings (SSSR count). The van der Waals surface area contributed by atoms with Crippen LogP contribution >= 0.6 is 23.1 Å². The molecule has 1 unspecified atom stereocenters. The molecule has 0 saturated carbocycles. The number of nitrogens with zero attached hydrogens (tertiary/aromatic N) is 3. The van der Waals surface area contributed by atoms with Crippen molar-refractivity contribution in [2.75, 3.05) is 11.4 Å². The van der Waals surface area contributed by atoms with E-state index in [4.69, 9.17) is 0 Å². The van der Waals surface area contributed by atoms with Gasteiger partial charge in [0, 0.05) is 22.5 Å². The Morgan fingerprint density at radius 3 is 2.68 bits per heavy atom. The summed E-state index contributed by atoms with van der Waals surface area (Å²) < 4.78 is 0. The molecular weight excluding hydrogens is 350 g/mol. The van der Waals surface area contributed by atoms with Crippen molar-refractivity contribution in [2.24, 2.45) is 0 Å². The molecule has 130 valence electrons. The van der Waals surface area contributed by atoms with Gasteiger partial charge >= 0.3 is 0 Å². The molecule has 0 N–H and O–H groups in total. The number of hydrogen-bond acceptors (Lipinski definition) is 5. The van der Waals surface area contributed by atoms with Crippen molar-refractivity contribution < 1.29 is 4.79 Å². The molecule has 1 aromatic carbocycles. The van der Waals surface area contributed by atoms with Crippen molar-refractivity contribution in [3.8, 4) is 0 Å². The zero-order valence-corrected chi connectivity index (χ0v) is 16.2. The second-order valence-electron chi connectivity index (χ2n) is 5.64. The highest BCUT2D eigenvalue weighted by Gasteiger charge is 2.23. The van der Waals surface area contributed by atoms with Gasteiger partial charge in [0.25, 0.3) is 0 Å². The van der Waals surface area contributed by atoms with Crippen molar-refractivity contribution in [1.82, 2.24) is 9.97 Å². The number of thiophene rings is 1. The molecule has 0 fully saturated rings. The lowest BCUT2D eigenvalue weighted by molar-refractivity contribution is -0.117. The van der Waals surface area contributed by atoms with Crippen LogP contribution in [0.15, 0.2) is 47.8 Å². The summed E-state index contributed by atoms with van der Waals surface area (Å²) in [5.74, 6) is 0.0939. The first-order valence-electron chi connectivity index (χ1n) is 8.40. The fourth-order valence-electron chi connectivity index (χ4n) is 2.66. The first-order valence-corrected chi connectivity index (χ1v) is 10.1. The third kappa shape index (κ3) is 3.85. The van der Waals surface area contributed by atoms with Crippen molar-refractivity contribution in [3.05, 3.63) is 47.6 Å². The zero-order valence-electron chi connectivity index (χ0n) is 14.6. The predicted octanol–water partition coefficient (Wildman–Crippen LogP) is 4.79. The molecule has 0 aliphatic rings. The van der Waals surface area contributed by atoms with Gasteiger partial charge in [0.1, 0.15) is 16.2 Å². The Hall–Kier alpha value is -1.92. The average molecular weight is 372 g/mol. The number of carbonyl (C=O) groups excluding carboxylic acids is 1. The van der Waals surface area contributed by atoms with Gasteiger partial charge in [-0.1, -0.05) is 36.9 Å². The molecule has 0 saturated heterocycles. The number of benzene rings is 1. The van der Waals surface area contributed by atoms with E-state index in [2.05, 4.69) is 23.0 Å². The van der Waals surface area contributed by atoms with Gasteiger partial charge in [-0.05, 0) is 38.5 Å². The Kier molecular flexibility index (Phi) is 5.71. The molecule has 25 heavy (non-hydrogen) atoms. The van der Waals surface area contributed by atoms with E-state index >= 15 is 0 Å². The zero-order chi connectivity index (χ0) is 17.8. The second kappa shape index (κ2) is 7.97. The minimum absolute atomic E-state index is 0.0939. The number of para-hydroxylation sites is 1. The number of aryl methyl sites for hydroxylation is 1. The van der Waals surface area contributed by atoms with Crippen LogP contribution in [0.25, 0.3) is 10.2 Å². The number of aromatic nitrogens is 2. The molecule has 3 aromatic rings. The molecule has 0 radical (unpaired) electrons. The molecule has 0 aliphatic carbocycles. The summed E-state index contributed by atoms with van der Waals surface area (Å²) in [6.45, 7) is 6.72. The number of anilines is 1. The quantitative estimate of drug-likeness (QED) is 0.462. The Morgan fingerprint density at radius 1 is 1.24 bits per heavy atom. The minimum atomic E-state index is -0.219. The summed E-state index contributed by atoms with van der Waals surface area (Å²) in [5.41, 5.74) is 0.930. The number of thioether (sulfide) groups is 1. The fourth-order valence-corrected chi connectivity index (χ4v) is 4.62. The maximum absolute atomic E-state index is 12.9. The van der Waals surface area contributed by atoms with Crippen LogP contribution in [0.2, 0.25) is 0 Å². The first-order chi connectivity index (χ1) is 12.1. The maximum atomic E-state index is 12.9. The largest absolute Gasteiger partial charge is 0.312 e. The lowest BCUT2D eigenvalue weighted by Crippen LogP contribution is -2.36. The molecule has 6 heteroatoms. The third-order valence-corrected chi connectivity index (χ3v) is 6.27. The van der Waals surface area contributed by atoms with E-state index in [-0.39, 0.29) is 11.2 Å². The van der Waals surface area contributed by atoms with Gasteiger partial charge < -0.3 is 4.90 Å². The van der Waals surface area contributed by atoms with Crippen LogP contribution in [0.3, 0.4) is 0 Å². The molecule has 0 spiro atoms. The predicted molar refractivity (Wildman–Crippen MR) is 107 cm³/mol. The van der Waals surface area contributed by atoms with Crippen molar-refractivity contribution in [3.63, 3.8) is 0 Å². The number of carbonyl (C=O) groups is 1. The van der Waals surface area contributed by atoms with Crippen LogP contribution in [0.4, 0.5) is 5.69 Å². The van der Waals surface area contributed by atoms with Crippen LogP contribution in [-0.4, -0.2) is 27.7 Å². The van der Waals surface area contributed by atoms with Gasteiger partial charge in [-0.15, -0.1) is 11.3 Å². The monoisotopic (exact) mass is 371 g/mol. The molecule has 1 amide bonds. The summed E-state index contributed by atoms with van der Waals surface area (Å²) in [7, 11) is 0. The van der Waals surface area contributed by atoms with E-state index in [9.17, 15) is 4.79 Å². The van der Waals surface area contributed by atoms with Crippen molar-refractivity contribution in [1.29, 1.82) is 0 Å². The summed E-state index contributed by atoms with van der Waals surface area (Å²) >= 11 is 3.20. The van der Waals surface area contributed by atoms with E-state index < -0.39 is 0 Å². The minimum Gasteiger partial charge on any atom is -0.312 e. The lowest BCUT2D eigenvalue weighted by atomic mass is 10.2. The smallest absolute Gasteiger partial charge is 0.240 e. The highest BCUT2D eigenvalue weighted by molar-refractivity contribution is 8.00. The van der Waals surface area contributed by atoms with Gasteiger partial charge in [0.15, 0.2) is 0 Å². The van der Waals surface area contributed by atoms with E-state index in [0.29, 0.717) is 6.54 Å². The summed E-state index contributed by atoms with van der Waals surface area (Å²) in [6.07, 6.45) is 2.57. The van der Waals surface area contributed by atoms with Crippen molar-refractivity contribution >= 4 is 44.9 Å². The summed E-state index contributed by atoms with van der Waals surface area (Å²) in [4.78, 5) is 25.8. The molecular formula is C19H21N3OS2. The molecule has 0 bridgehead atoms. The Morgan fingerprint density at radius 2 is 2.00 bits per heavy atom. The maximum Gasteiger partial charge on any atom is 0.240 e. The number of hydrogen-bond donors (Lipinski definition) is 0. The van der Waals surface area contributed by atoms with E-state index in [1.54, 1.807) is 17.7 Å². The van der Waals surface area contributed by atoms with Gasteiger partial charge in [-0.2, -0.15) is 0 Å². The van der Waals surface area contributed by atoms with Gasteiger partial charge in [0.05, 0.1) is 5.25 Å². The number of rotatable bonds is 6. The molecule has 2 aromatic heterocycles. The Bertz CT molecular complexity index is 863. The van der Waals surface area contributed by atoms with Gasteiger partial charge in [-0.25, -0.2) is 9.97 Å². The number of fused-ring (bicyclic) bond motifs is 1. The van der Waals surface area contributed by atoms with Crippen LogP contribution in [0.5, 0.6) is 0 Å². The van der Waals surface area contributed by atoms with Crippen LogP contribution in [0, 0.1) is 0 Å². The van der Waals surface area contributed by atoms with Crippen LogP contribution in [-0.2, 0) is 11.2 Å². The SMILES string of the molecule is CCc1cc2c(SC(C)C(=O)N(CC)c3ccccc3)ncnc2s1. The third-order valence-electron chi connectivity index (χ3n) is 3.98. The summed E-state index contributed by atoms with van der Waals surface area (Å²) in [6, 6.07) is 11.9. The molecule has 2 heterocycles. The molecule has 0 aliphatic heterocycles. The topological polar surface area (TPSA) is 46.1 Å². The van der Waals surface area contributed by atoms with Gasteiger partial charge in [0.2, 0.25) is 5.91 Å². The Balaban J connectivity index is 1.83. The standard InChI is InChI=1S/C19H21N3OS2/c1-4-15-11-16-17(20-12-21-18(16)25-15)24-13(3)19(23)22(5-2)14-9-7-6-8-10-14/h6-13H,4-5H2,1-3H3. The highest BCUT2D eigenvalue weighted by atomic mass is 32.2. The normalized spacial score (nSPS) is 12.3. The molecule has 4 nitrogen and oxygen atoms in total. The lowest BCUT2D eigenvalue weighted by Gasteiger charge is -2.24. The summed E-state index contributed by atoms with van der Waals surface area (Å²) in [5, 5.41) is 1.71. The van der Waals surface area contributed by atoms with Gasteiger partial charge in [-0.3, -0.25) is 4.79 Å². The van der Waals surface area contributed by atoms with Crippen molar-refractivity contribution in [2.45, 2.75) is 37.5 Å². The fraction of sp³-hybridized carbons (Fsp3) is 0.316.